The molecule has 0 aromatic heterocycles. The van der Waals surface area contributed by atoms with Gasteiger partial charge in [-0.1, -0.05) is 19.1 Å². The van der Waals surface area contributed by atoms with E-state index in [0.717, 1.165) is 32.1 Å². The first-order chi connectivity index (χ1) is 6.33. The molecule has 0 aliphatic heterocycles. The van der Waals surface area contributed by atoms with Crippen LogP contribution in [0.1, 0.15) is 45.4 Å². The third-order valence-electron chi connectivity index (χ3n) is 2.31. The van der Waals surface area contributed by atoms with E-state index >= 15 is 0 Å². The van der Waals surface area contributed by atoms with Gasteiger partial charge >= 0.3 is 5.97 Å². The molecule has 0 heterocycles. The molecule has 2 heteroatoms. The summed E-state index contributed by atoms with van der Waals surface area (Å²) in [7, 11) is 0. The summed E-state index contributed by atoms with van der Waals surface area (Å²) in [6, 6.07) is 0. The Hall–Kier alpha value is -0.790. The van der Waals surface area contributed by atoms with Gasteiger partial charge in [0.15, 0.2) is 0 Å². The van der Waals surface area contributed by atoms with Crippen LogP contribution in [0, 0.1) is 0 Å². The molecule has 13 heavy (non-hydrogen) atoms. The van der Waals surface area contributed by atoms with Crippen molar-refractivity contribution >= 4 is 5.97 Å². The van der Waals surface area contributed by atoms with Gasteiger partial charge in [-0.15, -0.1) is 0 Å². The zero-order valence-corrected chi connectivity index (χ0v) is 8.29. The molecule has 0 saturated carbocycles. The second-order valence-corrected chi connectivity index (χ2v) is 3.45. The number of carbonyl (C=O) groups is 1. The predicted octanol–water partition coefficient (Wildman–Crippen LogP) is 2.83. The molecule has 0 bridgehead atoms. The van der Waals surface area contributed by atoms with E-state index in [9.17, 15) is 4.79 Å². The molecule has 0 saturated heterocycles. The number of rotatable bonds is 2. The van der Waals surface area contributed by atoms with Gasteiger partial charge in [0.1, 0.15) is 6.10 Å². The van der Waals surface area contributed by atoms with Crippen LogP contribution in [0.2, 0.25) is 0 Å². The summed E-state index contributed by atoms with van der Waals surface area (Å²) < 4.78 is 5.30. The van der Waals surface area contributed by atoms with Gasteiger partial charge in [-0.25, -0.2) is 0 Å². The Balaban J connectivity index is 2.31. The van der Waals surface area contributed by atoms with E-state index in [1.165, 1.54) is 0 Å². The minimum Gasteiger partial charge on any atom is -0.462 e. The lowest BCUT2D eigenvalue weighted by Gasteiger charge is -2.17. The fourth-order valence-corrected chi connectivity index (χ4v) is 1.51. The van der Waals surface area contributed by atoms with E-state index in [0.29, 0.717) is 6.42 Å². The first kappa shape index (κ1) is 10.3. The maximum absolute atomic E-state index is 11.0. The highest BCUT2D eigenvalue weighted by molar-refractivity contribution is 5.69. The molecular formula is C11H18O2. The van der Waals surface area contributed by atoms with Crippen LogP contribution in [0.15, 0.2) is 12.2 Å². The van der Waals surface area contributed by atoms with Crippen molar-refractivity contribution in [3.63, 3.8) is 0 Å². The van der Waals surface area contributed by atoms with Crippen LogP contribution in [0.4, 0.5) is 0 Å². The lowest BCUT2D eigenvalue weighted by Crippen LogP contribution is -2.17. The molecule has 0 fully saturated rings. The monoisotopic (exact) mass is 182 g/mol. The standard InChI is InChI=1S/C11H18O2/c1-2-11(12)13-10-8-6-4-3-5-7-9-10/h3-4,10H,2,5-9H2,1H3/b4-3-. The Morgan fingerprint density at radius 3 is 2.92 bits per heavy atom. The molecule has 0 aromatic rings. The van der Waals surface area contributed by atoms with Gasteiger partial charge in [0.25, 0.3) is 0 Å². The first-order valence-electron chi connectivity index (χ1n) is 5.17. The van der Waals surface area contributed by atoms with Crippen molar-refractivity contribution in [2.45, 2.75) is 51.6 Å². The van der Waals surface area contributed by atoms with Gasteiger partial charge < -0.3 is 4.74 Å². The highest BCUT2D eigenvalue weighted by Gasteiger charge is 2.12. The van der Waals surface area contributed by atoms with Crippen LogP contribution in [-0.2, 0) is 9.53 Å². The molecule has 1 aliphatic rings. The number of hydrogen-bond donors (Lipinski definition) is 0. The van der Waals surface area contributed by atoms with Gasteiger partial charge in [-0.3, -0.25) is 4.79 Å². The molecule has 2 nitrogen and oxygen atoms in total. The first-order valence-corrected chi connectivity index (χ1v) is 5.17. The van der Waals surface area contributed by atoms with E-state index < -0.39 is 0 Å². The second kappa shape index (κ2) is 5.79. The molecule has 1 rings (SSSR count). The highest BCUT2D eigenvalue weighted by Crippen LogP contribution is 2.15. The number of ether oxygens (including phenoxy) is 1. The molecule has 1 aliphatic carbocycles. The quantitative estimate of drug-likeness (QED) is 0.485. The van der Waals surface area contributed by atoms with Gasteiger partial charge in [-0.2, -0.15) is 0 Å². The van der Waals surface area contributed by atoms with Gasteiger partial charge in [0, 0.05) is 6.42 Å². The van der Waals surface area contributed by atoms with Crippen molar-refractivity contribution in [2.24, 2.45) is 0 Å². The third-order valence-corrected chi connectivity index (χ3v) is 2.31. The van der Waals surface area contributed by atoms with E-state index in [4.69, 9.17) is 4.74 Å². The van der Waals surface area contributed by atoms with Crippen LogP contribution >= 0.6 is 0 Å². The van der Waals surface area contributed by atoms with Crippen LogP contribution in [0.25, 0.3) is 0 Å². The highest BCUT2D eigenvalue weighted by atomic mass is 16.5. The summed E-state index contributed by atoms with van der Waals surface area (Å²) in [5.41, 5.74) is 0. The average Bonchev–Trinajstić information content (AvgIpc) is 2.09. The summed E-state index contributed by atoms with van der Waals surface area (Å²) >= 11 is 0. The predicted molar refractivity (Wildman–Crippen MR) is 52.4 cm³/mol. The van der Waals surface area contributed by atoms with Crippen molar-refractivity contribution in [1.29, 1.82) is 0 Å². The molecule has 1 atom stereocenters. The summed E-state index contributed by atoms with van der Waals surface area (Å²) in [6.45, 7) is 1.84. The maximum Gasteiger partial charge on any atom is 0.305 e. The summed E-state index contributed by atoms with van der Waals surface area (Å²) in [4.78, 5) is 11.0. The normalized spacial score (nSPS) is 25.8. The molecule has 1 unspecified atom stereocenters. The van der Waals surface area contributed by atoms with Crippen molar-refractivity contribution in [1.82, 2.24) is 0 Å². The van der Waals surface area contributed by atoms with Crippen LogP contribution in [0.5, 0.6) is 0 Å². The zero-order chi connectivity index (χ0) is 9.52. The van der Waals surface area contributed by atoms with E-state index in [1.54, 1.807) is 0 Å². The van der Waals surface area contributed by atoms with Crippen molar-refractivity contribution in [3.8, 4) is 0 Å². The van der Waals surface area contributed by atoms with Crippen LogP contribution < -0.4 is 0 Å². The molecule has 0 N–H and O–H groups in total. The van der Waals surface area contributed by atoms with Gasteiger partial charge in [0.2, 0.25) is 0 Å². The number of hydrogen-bond acceptors (Lipinski definition) is 2. The van der Waals surface area contributed by atoms with Crippen LogP contribution in [0.3, 0.4) is 0 Å². The fourth-order valence-electron chi connectivity index (χ4n) is 1.51. The van der Waals surface area contributed by atoms with Crippen molar-refractivity contribution < 1.29 is 9.53 Å². The Morgan fingerprint density at radius 1 is 1.38 bits per heavy atom. The summed E-state index contributed by atoms with van der Waals surface area (Å²) in [5, 5.41) is 0. The Morgan fingerprint density at radius 2 is 2.15 bits per heavy atom. The van der Waals surface area contributed by atoms with E-state index in [2.05, 4.69) is 12.2 Å². The number of esters is 1. The smallest absolute Gasteiger partial charge is 0.305 e. The molecule has 0 spiro atoms. The average molecular weight is 182 g/mol. The van der Waals surface area contributed by atoms with Crippen molar-refractivity contribution in [3.05, 3.63) is 12.2 Å². The summed E-state index contributed by atoms with van der Waals surface area (Å²) in [5.74, 6) is -0.0606. The van der Waals surface area contributed by atoms with E-state index in [1.807, 2.05) is 6.92 Å². The Bertz CT molecular complexity index is 185. The lowest BCUT2D eigenvalue weighted by molar-refractivity contribution is -0.149. The van der Waals surface area contributed by atoms with Gasteiger partial charge in [-0.05, 0) is 32.1 Å². The number of allylic oxidation sites excluding steroid dienone is 2. The Labute approximate surface area is 80.0 Å². The minimum absolute atomic E-state index is 0.0606. The molecule has 0 radical (unpaired) electrons. The molecule has 74 valence electrons. The largest absolute Gasteiger partial charge is 0.462 e. The third kappa shape index (κ3) is 4.11. The number of carbonyl (C=O) groups excluding carboxylic acids is 1. The maximum atomic E-state index is 11.0. The second-order valence-electron chi connectivity index (χ2n) is 3.45. The van der Waals surface area contributed by atoms with E-state index in [-0.39, 0.29) is 12.1 Å². The van der Waals surface area contributed by atoms with Gasteiger partial charge in [0.05, 0.1) is 0 Å². The zero-order valence-electron chi connectivity index (χ0n) is 8.29. The lowest BCUT2D eigenvalue weighted by atomic mass is 10.0. The fraction of sp³-hybridized carbons (Fsp3) is 0.727. The van der Waals surface area contributed by atoms with Crippen molar-refractivity contribution in [2.75, 3.05) is 0 Å². The SMILES string of the molecule is CCC(=O)OC1CC/C=C\CCC1. The molecular weight excluding hydrogens is 164 g/mol. The molecule has 0 amide bonds. The topological polar surface area (TPSA) is 26.3 Å². The molecule has 0 aromatic carbocycles. The van der Waals surface area contributed by atoms with Crippen LogP contribution in [-0.4, -0.2) is 12.1 Å². The Kier molecular flexibility index (Phi) is 4.58. The minimum atomic E-state index is -0.0606. The summed E-state index contributed by atoms with van der Waals surface area (Å²) in [6.07, 6.45) is 10.4.